The number of benzene rings is 1. The Morgan fingerprint density at radius 1 is 1.07 bits per heavy atom. The number of rotatable bonds is 6. The molecule has 0 bridgehead atoms. The van der Waals surface area contributed by atoms with Crippen LogP contribution in [0.1, 0.15) is 42.4 Å². The number of nitrogens with one attached hydrogen (secondary N) is 1. The van der Waals surface area contributed by atoms with Gasteiger partial charge >= 0.3 is 12.1 Å². The molecule has 1 unspecified atom stereocenters. The molecule has 4 amide bonds. The van der Waals surface area contributed by atoms with Gasteiger partial charge in [0.1, 0.15) is 5.82 Å². The van der Waals surface area contributed by atoms with Gasteiger partial charge < -0.3 is 35.4 Å². The Labute approximate surface area is 248 Å². The number of urea groups is 1. The van der Waals surface area contributed by atoms with Crippen LogP contribution in [0, 0.1) is 6.92 Å². The van der Waals surface area contributed by atoms with Crippen LogP contribution < -0.4 is 11.1 Å². The third-order valence-corrected chi connectivity index (χ3v) is 8.93. The maximum absolute atomic E-state index is 13.7. The quantitative estimate of drug-likeness (QED) is 0.541. The van der Waals surface area contributed by atoms with E-state index in [0.29, 0.717) is 57.4 Å². The number of ether oxygens (including phenoxy) is 1. The number of nitrogens with zero attached hydrogens (tertiary/aromatic N) is 5. The van der Waals surface area contributed by atoms with Crippen molar-refractivity contribution in [2.24, 2.45) is 0 Å². The van der Waals surface area contributed by atoms with Gasteiger partial charge in [-0.3, -0.25) is 4.79 Å². The zero-order valence-electron chi connectivity index (χ0n) is 24.9. The normalized spacial score (nSPS) is 19.2. The second-order valence-electron chi connectivity index (χ2n) is 11.9. The van der Waals surface area contributed by atoms with E-state index < -0.39 is 12.2 Å². The first kappa shape index (κ1) is 29.6. The summed E-state index contributed by atoms with van der Waals surface area (Å²) in [6.45, 7) is 4.67. The van der Waals surface area contributed by atoms with E-state index in [2.05, 4.69) is 29.3 Å². The van der Waals surface area contributed by atoms with Crippen LogP contribution in [-0.2, 0) is 22.4 Å². The number of hydrogen-bond acceptors (Lipinski definition) is 7. The van der Waals surface area contributed by atoms with Gasteiger partial charge in [0.25, 0.3) is 5.91 Å². The third kappa shape index (κ3) is 6.78. The van der Waals surface area contributed by atoms with Crippen LogP contribution in [0.15, 0.2) is 36.5 Å². The number of para-hydroxylation sites is 1. The summed E-state index contributed by atoms with van der Waals surface area (Å²) in [5.74, 6) is 0.264. The molecule has 1 aromatic heterocycles. The number of pyridine rings is 1. The summed E-state index contributed by atoms with van der Waals surface area (Å²) in [5.41, 5.74) is 9.51. The Kier molecular flexibility index (Phi) is 9.15. The molecule has 0 aliphatic carbocycles. The van der Waals surface area contributed by atoms with Gasteiger partial charge in [-0.25, -0.2) is 14.6 Å². The van der Waals surface area contributed by atoms with Crippen molar-refractivity contribution in [3.05, 3.63) is 53.2 Å². The summed E-state index contributed by atoms with van der Waals surface area (Å²) in [6, 6.07) is 10.1. The fourth-order valence-corrected chi connectivity index (χ4v) is 6.25. The van der Waals surface area contributed by atoms with Crippen molar-refractivity contribution in [1.82, 2.24) is 24.6 Å². The molecular weight excluding hydrogens is 534 g/mol. The summed E-state index contributed by atoms with van der Waals surface area (Å²) < 4.78 is 5.95. The molecule has 1 aromatic carbocycles. The number of fused-ring (bicyclic) bond motifs is 1. The number of aryl methyl sites for hydroxylation is 1. The highest BCUT2D eigenvalue weighted by Gasteiger charge is 2.35. The average Bonchev–Trinajstić information content (AvgIpc) is 3.16. The molecule has 0 spiro atoms. The first-order valence-corrected chi connectivity index (χ1v) is 15.0. The number of aromatic nitrogens is 1. The molecule has 2 saturated heterocycles. The van der Waals surface area contributed by atoms with Gasteiger partial charge in [-0.05, 0) is 75.9 Å². The van der Waals surface area contributed by atoms with Gasteiger partial charge in [0, 0.05) is 63.1 Å². The van der Waals surface area contributed by atoms with Crippen molar-refractivity contribution in [3.63, 3.8) is 0 Å². The van der Waals surface area contributed by atoms with Crippen molar-refractivity contribution >= 4 is 29.5 Å². The van der Waals surface area contributed by atoms with E-state index in [0.717, 1.165) is 41.6 Å². The number of piperidine rings is 2. The number of anilines is 2. The van der Waals surface area contributed by atoms with Crippen molar-refractivity contribution < 1.29 is 19.1 Å². The van der Waals surface area contributed by atoms with Crippen LogP contribution in [0.25, 0.3) is 0 Å². The van der Waals surface area contributed by atoms with E-state index >= 15 is 0 Å². The Bertz CT molecular complexity index is 1290. The minimum absolute atomic E-state index is 0.0302. The summed E-state index contributed by atoms with van der Waals surface area (Å²) in [5, 5.41) is 3.04. The smallest absolute Gasteiger partial charge is 0.410 e. The minimum atomic E-state index is -0.953. The zero-order valence-corrected chi connectivity index (χ0v) is 24.9. The first-order chi connectivity index (χ1) is 20.2. The molecule has 3 aliphatic rings. The Morgan fingerprint density at radius 2 is 1.76 bits per heavy atom. The average molecular weight is 578 g/mol. The van der Waals surface area contributed by atoms with E-state index in [9.17, 15) is 14.4 Å². The number of carbonyl (C=O) groups excluding carboxylic acids is 3. The summed E-state index contributed by atoms with van der Waals surface area (Å²) >= 11 is 0. The number of amides is 4. The van der Waals surface area contributed by atoms with Gasteiger partial charge in [0.2, 0.25) is 0 Å². The second kappa shape index (κ2) is 13.0. The third-order valence-electron chi connectivity index (χ3n) is 8.93. The van der Waals surface area contributed by atoms with E-state index in [1.807, 2.05) is 47.1 Å². The highest BCUT2D eigenvalue weighted by molar-refractivity contribution is 5.91. The highest BCUT2D eigenvalue weighted by atomic mass is 16.6. The number of nitrogen functional groups attached to an aromatic ring is 1. The fraction of sp³-hybridized carbons (Fsp3) is 0.548. The van der Waals surface area contributed by atoms with Gasteiger partial charge in [-0.15, -0.1) is 0 Å². The van der Waals surface area contributed by atoms with Crippen LogP contribution >= 0.6 is 0 Å². The van der Waals surface area contributed by atoms with Crippen LogP contribution in [0.4, 0.5) is 21.1 Å². The predicted octanol–water partition coefficient (Wildman–Crippen LogP) is 3.13. The molecule has 2 aromatic rings. The molecule has 11 heteroatoms. The molecule has 11 nitrogen and oxygen atoms in total. The van der Waals surface area contributed by atoms with Crippen molar-refractivity contribution in [1.29, 1.82) is 0 Å². The minimum Gasteiger partial charge on any atom is -0.436 e. The number of carbonyl (C=O) groups is 3. The fourth-order valence-electron chi connectivity index (χ4n) is 6.25. The molecule has 1 atom stereocenters. The second-order valence-corrected chi connectivity index (χ2v) is 11.9. The van der Waals surface area contributed by atoms with Crippen LogP contribution in [-0.4, -0.2) is 108 Å². The van der Waals surface area contributed by atoms with Crippen molar-refractivity contribution in [2.45, 2.75) is 63.6 Å². The van der Waals surface area contributed by atoms with Crippen molar-refractivity contribution in [2.75, 3.05) is 57.9 Å². The molecule has 3 aliphatic heterocycles. The van der Waals surface area contributed by atoms with Crippen LogP contribution in [0.3, 0.4) is 0 Å². The van der Waals surface area contributed by atoms with E-state index in [1.165, 1.54) is 0 Å². The molecule has 2 fully saturated rings. The molecule has 3 N–H and O–H groups in total. The maximum Gasteiger partial charge on any atom is 0.410 e. The lowest BCUT2D eigenvalue weighted by Gasteiger charge is -2.38. The summed E-state index contributed by atoms with van der Waals surface area (Å²) in [7, 11) is 4.12. The predicted molar refractivity (Wildman–Crippen MR) is 161 cm³/mol. The molecule has 5 rings (SSSR count). The molecule has 0 radical (unpaired) electrons. The van der Waals surface area contributed by atoms with Gasteiger partial charge in [0.05, 0.1) is 0 Å². The number of nitrogens with two attached hydrogens (primary N) is 1. The number of likely N-dealkylation sites (tertiary alicyclic amines) is 2. The lowest BCUT2D eigenvalue weighted by molar-refractivity contribution is -0.142. The standard InChI is InChI=1S/C31H43N7O4/c1-21-18-22(20-33-28(21)32)19-27(29(39)36-13-9-24(10-14-36)35(2)3)42-31(41)37-15-11-25(12-16-37)38-17-8-23-6-4-5-7-26(23)34-30(38)40/h4-7,18,20,24-25,27H,8-17,19H2,1-3H3,(H2,32,33)(H,34,40). The summed E-state index contributed by atoms with van der Waals surface area (Å²) in [4.78, 5) is 51.9. The zero-order chi connectivity index (χ0) is 29.8. The molecule has 0 saturated carbocycles. The van der Waals surface area contributed by atoms with Crippen LogP contribution in [0.2, 0.25) is 0 Å². The Morgan fingerprint density at radius 3 is 2.45 bits per heavy atom. The molecule has 4 heterocycles. The molecular formula is C31H43N7O4. The number of hydrogen-bond donors (Lipinski definition) is 2. The molecule has 42 heavy (non-hydrogen) atoms. The largest absolute Gasteiger partial charge is 0.436 e. The summed E-state index contributed by atoms with van der Waals surface area (Å²) in [6.07, 6.45) is 4.27. The van der Waals surface area contributed by atoms with E-state index in [1.54, 1.807) is 11.1 Å². The Balaban J connectivity index is 1.21. The topological polar surface area (TPSA) is 124 Å². The lowest BCUT2D eigenvalue weighted by Crippen LogP contribution is -2.52. The van der Waals surface area contributed by atoms with Crippen LogP contribution in [0.5, 0.6) is 0 Å². The van der Waals surface area contributed by atoms with Crippen molar-refractivity contribution in [3.8, 4) is 0 Å². The highest BCUT2D eigenvalue weighted by Crippen LogP contribution is 2.25. The van der Waals surface area contributed by atoms with Gasteiger partial charge in [0.15, 0.2) is 6.10 Å². The lowest BCUT2D eigenvalue weighted by atomic mass is 10.0. The monoisotopic (exact) mass is 577 g/mol. The molecule has 226 valence electrons. The Hall–Kier alpha value is -3.86. The SMILES string of the molecule is Cc1cc(CC(OC(=O)N2CCC(N3CCc4ccccc4NC3=O)CC2)C(=O)N2CCC(N(C)C)CC2)cnc1N. The maximum atomic E-state index is 13.7. The van der Waals surface area contributed by atoms with E-state index in [-0.39, 0.29) is 24.4 Å². The van der Waals surface area contributed by atoms with Gasteiger partial charge in [-0.1, -0.05) is 24.3 Å². The first-order valence-electron chi connectivity index (χ1n) is 15.0. The van der Waals surface area contributed by atoms with E-state index in [4.69, 9.17) is 10.5 Å². The van der Waals surface area contributed by atoms with Gasteiger partial charge in [-0.2, -0.15) is 0 Å².